The first-order chi connectivity index (χ1) is 13.5. The summed E-state index contributed by atoms with van der Waals surface area (Å²) in [7, 11) is 1.79. The third kappa shape index (κ3) is 6.07. The van der Waals surface area contributed by atoms with Crippen molar-refractivity contribution in [3.05, 3.63) is 46.6 Å². The third-order valence-electron chi connectivity index (χ3n) is 5.33. The molecule has 1 aliphatic heterocycles. The Bertz CT molecular complexity index is 819. The molecule has 2 heterocycles. The average molecular weight is 515 g/mol. The number of benzene rings is 1. The number of nitrogens with one attached hydrogen (secondary N) is 2. The van der Waals surface area contributed by atoms with E-state index in [2.05, 4.69) is 25.7 Å². The Hall–Kier alpha value is -1.84. The number of halogens is 2. The van der Waals surface area contributed by atoms with Gasteiger partial charge in [-0.25, -0.2) is 4.39 Å². The summed E-state index contributed by atoms with van der Waals surface area (Å²) >= 11 is 0. The molecule has 0 aliphatic carbocycles. The molecule has 1 unspecified atom stereocenters. The highest BCUT2D eigenvalue weighted by molar-refractivity contribution is 14.0. The quantitative estimate of drug-likeness (QED) is 0.361. The summed E-state index contributed by atoms with van der Waals surface area (Å²) in [6.45, 7) is 8.49. The number of anilines is 1. The Morgan fingerprint density at radius 3 is 2.79 bits per heavy atom. The van der Waals surface area contributed by atoms with E-state index in [-0.39, 0.29) is 29.8 Å². The van der Waals surface area contributed by atoms with E-state index in [9.17, 15) is 4.39 Å². The molecule has 1 atom stereocenters. The maximum Gasteiger partial charge on any atom is 0.191 e. The highest BCUT2D eigenvalue weighted by Crippen LogP contribution is 2.24. The van der Waals surface area contributed by atoms with E-state index in [1.165, 1.54) is 6.07 Å². The fourth-order valence-corrected chi connectivity index (χ4v) is 3.84. The second kappa shape index (κ2) is 10.8. The van der Waals surface area contributed by atoms with Crippen LogP contribution in [0.5, 0.6) is 0 Å². The first-order valence-electron chi connectivity index (χ1n) is 9.88. The van der Waals surface area contributed by atoms with Crippen molar-refractivity contribution in [2.24, 2.45) is 4.99 Å². The second-order valence-corrected chi connectivity index (χ2v) is 7.41. The Balaban J connectivity index is 0.00000300. The molecule has 0 saturated carbocycles. The highest BCUT2D eigenvalue weighted by Gasteiger charge is 2.22. The van der Waals surface area contributed by atoms with Gasteiger partial charge in [0.25, 0.3) is 0 Å². The first-order valence-corrected chi connectivity index (χ1v) is 9.88. The number of guanidine groups is 1. The van der Waals surface area contributed by atoms with Gasteiger partial charge in [0.1, 0.15) is 11.6 Å². The van der Waals surface area contributed by atoms with Crippen LogP contribution in [0.3, 0.4) is 0 Å². The van der Waals surface area contributed by atoms with Gasteiger partial charge in [-0.3, -0.25) is 4.99 Å². The predicted molar refractivity (Wildman–Crippen MR) is 126 cm³/mol. The fourth-order valence-electron chi connectivity index (χ4n) is 3.84. The number of aliphatic imine (C=N–C) groups is 1. The summed E-state index contributed by atoms with van der Waals surface area (Å²) < 4.78 is 18.6. The van der Waals surface area contributed by atoms with Gasteiger partial charge in [-0.1, -0.05) is 5.16 Å². The van der Waals surface area contributed by atoms with Crippen LogP contribution in [-0.4, -0.2) is 43.8 Å². The molecule has 0 bridgehead atoms. The summed E-state index contributed by atoms with van der Waals surface area (Å²) in [6.07, 6.45) is 3.01. The zero-order valence-electron chi connectivity index (χ0n) is 17.6. The van der Waals surface area contributed by atoms with Crippen molar-refractivity contribution in [2.45, 2.75) is 46.1 Å². The Kier molecular flexibility index (Phi) is 8.73. The Morgan fingerprint density at radius 2 is 2.14 bits per heavy atom. The van der Waals surface area contributed by atoms with Gasteiger partial charge >= 0.3 is 0 Å². The van der Waals surface area contributed by atoms with Crippen molar-refractivity contribution in [2.75, 3.05) is 31.6 Å². The molecule has 160 valence electrons. The minimum absolute atomic E-state index is 0. The van der Waals surface area contributed by atoms with Crippen molar-refractivity contribution < 1.29 is 8.91 Å². The maximum absolute atomic E-state index is 13.4. The van der Waals surface area contributed by atoms with Gasteiger partial charge in [-0.15, -0.1) is 24.0 Å². The molecule has 1 aromatic heterocycles. The number of hydrogen-bond donors (Lipinski definition) is 2. The lowest BCUT2D eigenvalue weighted by molar-refractivity contribution is 0.392. The number of piperidine rings is 1. The Labute approximate surface area is 189 Å². The van der Waals surface area contributed by atoms with E-state index in [1.807, 2.05) is 26.8 Å². The SMILES string of the molecule is CN=C(NCCc1c(C)noc1C)NC1CCCN(c2ccc(F)cc2C)C1.I. The van der Waals surface area contributed by atoms with Gasteiger partial charge in [-0.05, 0) is 63.8 Å². The maximum atomic E-state index is 13.4. The molecule has 2 N–H and O–H groups in total. The van der Waals surface area contributed by atoms with Crippen LogP contribution in [0.1, 0.15) is 35.4 Å². The zero-order chi connectivity index (χ0) is 20.1. The Morgan fingerprint density at radius 1 is 1.34 bits per heavy atom. The van der Waals surface area contributed by atoms with Crippen molar-refractivity contribution >= 4 is 35.6 Å². The standard InChI is InChI=1S/C21H30FN5O.HI/c1-14-12-17(22)7-8-20(14)27-11-5-6-18(13-27)25-21(23-4)24-10-9-19-15(2)26-28-16(19)3;/h7-8,12,18H,5-6,9-11,13H2,1-4H3,(H2,23,24,25);1H. The minimum Gasteiger partial charge on any atom is -0.369 e. The molecular weight excluding hydrogens is 484 g/mol. The van der Waals surface area contributed by atoms with Crippen LogP contribution in [0.15, 0.2) is 27.7 Å². The topological polar surface area (TPSA) is 65.7 Å². The van der Waals surface area contributed by atoms with E-state index in [0.717, 1.165) is 73.1 Å². The van der Waals surface area contributed by atoms with Gasteiger partial charge in [0.2, 0.25) is 0 Å². The molecule has 0 spiro atoms. The van der Waals surface area contributed by atoms with E-state index in [4.69, 9.17) is 4.52 Å². The van der Waals surface area contributed by atoms with Crippen molar-refractivity contribution in [3.63, 3.8) is 0 Å². The van der Waals surface area contributed by atoms with Gasteiger partial charge in [-0.2, -0.15) is 0 Å². The van der Waals surface area contributed by atoms with Crippen molar-refractivity contribution in [1.29, 1.82) is 0 Å². The molecule has 3 rings (SSSR count). The molecule has 6 nitrogen and oxygen atoms in total. The number of hydrogen-bond acceptors (Lipinski definition) is 4. The van der Waals surface area contributed by atoms with Crippen LogP contribution in [0.2, 0.25) is 0 Å². The lowest BCUT2D eigenvalue weighted by Crippen LogP contribution is -2.51. The van der Waals surface area contributed by atoms with Crippen LogP contribution in [-0.2, 0) is 6.42 Å². The summed E-state index contributed by atoms with van der Waals surface area (Å²) in [4.78, 5) is 6.69. The van der Waals surface area contributed by atoms with Gasteiger partial charge in [0.15, 0.2) is 5.96 Å². The van der Waals surface area contributed by atoms with Gasteiger partial charge < -0.3 is 20.1 Å². The monoisotopic (exact) mass is 515 g/mol. The normalized spacial score (nSPS) is 17.1. The molecule has 1 saturated heterocycles. The molecule has 0 radical (unpaired) electrons. The molecule has 2 aromatic rings. The van der Waals surface area contributed by atoms with Crippen LogP contribution < -0.4 is 15.5 Å². The van der Waals surface area contributed by atoms with E-state index < -0.39 is 0 Å². The molecular formula is C21H31FIN5O. The number of aryl methyl sites for hydroxylation is 3. The highest BCUT2D eigenvalue weighted by atomic mass is 127. The van der Waals surface area contributed by atoms with Crippen LogP contribution >= 0.6 is 24.0 Å². The summed E-state index contributed by atoms with van der Waals surface area (Å²) in [5, 5.41) is 10.9. The molecule has 1 fully saturated rings. The van der Waals surface area contributed by atoms with Crippen molar-refractivity contribution in [1.82, 2.24) is 15.8 Å². The van der Waals surface area contributed by atoms with Gasteiger partial charge in [0.05, 0.1) is 5.69 Å². The van der Waals surface area contributed by atoms with Crippen LogP contribution in [0, 0.1) is 26.6 Å². The van der Waals surface area contributed by atoms with Crippen LogP contribution in [0.25, 0.3) is 0 Å². The zero-order valence-corrected chi connectivity index (χ0v) is 19.9. The predicted octanol–water partition coefficient (Wildman–Crippen LogP) is 3.73. The van der Waals surface area contributed by atoms with Gasteiger partial charge in [0, 0.05) is 44.0 Å². The van der Waals surface area contributed by atoms with Crippen LogP contribution in [0.4, 0.5) is 10.1 Å². The molecule has 1 aromatic carbocycles. The summed E-state index contributed by atoms with van der Waals surface area (Å²) in [5.74, 6) is 1.49. The minimum atomic E-state index is -0.184. The third-order valence-corrected chi connectivity index (χ3v) is 5.33. The molecule has 0 amide bonds. The number of nitrogens with zero attached hydrogens (tertiary/aromatic N) is 3. The molecule has 1 aliphatic rings. The molecule has 8 heteroatoms. The van der Waals surface area contributed by atoms with E-state index in [0.29, 0.717) is 6.04 Å². The average Bonchev–Trinajstić information content (AvgIpc) is 2.99. The number of aromatic nitrogens is 1. The second-order valence-electron chi connectivity index (χ2n) is 7.41. The summed E-state index contributed by atoms with van der Waals surface area (Å²) in [6, 6.07) is 5.31. The summed E-state index contributed by atoms with van der Waals surface area (Å²) in [5.41, 5.74) is 4.18. The first kappa shape index (κ1) is 23.4. The van der Waals surface area contributed by atoms with E-state index in [1.54, 1.807) is 13.1 Å². The molecule has 29 heavy (non-hydrogen) atoms. The van der Waals surface area contributed by atoms with E-state index >= 15 is 0 Å². The smallest absolute Gasteiger partial charge is 0.191 e. The number of rotatable bonds is 5. The lowest BCUT2D eigenvalue weighted by Gasteiger charge is -2.36. The largest absolute Gasteiger partial charge is 0.369 e. The fraction of sp³-hybridized carbons (Fsp3) is 0.524. The van der Waals surface area contributed by atoms with Crippen molar-refractivity contribution in [3.8, 4) is 0 Å². The lowest BCUT2D eigenvalue weighted by atomic mass is 10.0.